The molecule has 0 heterocycles. The highest BCUT2D eigenvalue weighted by Gasteiger charge is 2.39. The van der Waals surface area contributed by atoms with Crippen molar-refractivity contribution in [2.24, 2.45) is 0 Å². The van der Waals surface area contributed by atoms with Crippen LogP contribution in [0.3, 0.4) is 0 Å². The van der Waals surface area contributed by atoms with Crippen molar-refractivity contribution in [3.8, 4) is 0 Å². The van der Waals surface area contributed by atoms with E-state index in [4.69, 9.17) is 0 Å². The Bertz CT molecular complexity index is 421. The van der Waals surface area contributed by atoms with Crippen molar-refractivity contribution in [1.29, 1.82) is 0 Å². The van der Waals surface area contributed by atoms with Crippen LogP contribution in [0.1, 0.15) is 34.1 Å². The summed E-state index contributed by atoms with van der Waals surface area (Å²) in [6.45, 7) is 1.69. The molecule has 1 aromatic rings. The van der Waals surface area contributed by atoms with Gasteiger partial charge in [0.25, 0.3) is 0 Å². The van der Waals surface area contributed by atoms with Crippen molar-refractivity contribution in [1.82, 2.24) is 0 Å². The summed E-state index contributed by atoms with van der Waals surface area (Å²) in [6.07, 6.45) is 0.186. The molecule has 2 nitrogen and oxygen atoms in total. The Morgan fingerprint density at radius 3 is 2.43 bits per heavy atom. The van der Waals surface area contributed by atoms with Gasteiger partial charge in [-0.25, -0.2) is 0 Å². The first kappa shape index (κ1) is 9.46. The molecule has 0 saturated heterocycles. The van der Waals surface area contributed by atoms with Crippen LogP contribution >= 0.6 is 12.6 Å². The van der Waals surface area contributed by atoms with Gasteiger partial charge in [0.05, 0.1) is 4.75 Å². The quantitative estimate of drug-likeness (QED) is 0.660. The van der Waals surface area contributed by atoms with Crippen LogP contribution in [-0.2, 0) is 0 Å². The summed E-state index contributed by atoms with van der Waals surface area (Å²) < 4.78 is -0.842. The Morgan fingerprint density at radius 1 is 1.21 bits per heavy atom. The molecule has 0 spiro atoms. The number of fused-ring (bicyclic) bond motifs is 1. The molecule has 1 aliphatic rings. The molecule has 0 aromatic heterocycles. The fourth-order valence-electron chi connectivity index (χ4n) is 1.70. The first-order chi connectivity index (χ1) is 6.52. The topological polar surface area (TPSA) is 34.1 Å². The van der Waals surface area contributed by atoms with E-state index in [0.29, 0.717) is 11.1 Å². The van der Waals surface area contributed by atoms with Crippen LogP contribution in [-0.4, -0.2) is 16.3 Å². The van der Waals surface area contributed by atoms with Crippen molar-refractivity contribution < 1.29 is 9.59 Å². The summed E-state index contributed by atoms with van der Waals surface area (Å²) >= 11 is 4.23. The zero-order valence-electron chi connectivity index (χ0n) is 7.78. The number of ketones is 2. The van der Waals surface area contributed by atoms with Crippen molar-refractivity contribution in [3.05, 3.63) is 35.4 Å². The van der Waals surface area contributed by atoms with E-state index < -0.39 is 4.75 Å². The van der Waals surface area contributed by atoms with Gasteiger partial charge in [0.1, 0.15) is 0 Å². The van der Waals surface area contributed by atoms with Crippen LogP contribution in [0.4, 0.5) is 0 Å². The largest absolute Gasteiger partial charge is 0.294 e. The van der Waals surface area contributed by atoms with Gasteiger partial charge in [-0.3, -0.25) is 9.59 Å². The molecule has 1 atom stereocenters. The lowest BCUT2D eigenvalue weighted by Crippen LogP contribution is -2.37. The molecule has 0 aliphatic heterocycles. The highest BCUT2D eigenvalue weighted by atomic mass is 32.1. The maximum absolute atomic E-state index is 11.9. The first-order valence-electron chi connectivity index (χ1n) is 4.42. The number of benzene rings is 1. The van der Waals surface area contributed by atoms with E-state index in [9.17, 15) is 9.59 Å². The Labute approximate surface area is 87.7 Å². The zero-order valence-corrected chi connectivity index (χ0v) is 8.67. The SMILES string of the molecule is CC1(S)CC(=O)c2ccccc2C1=O. The van der Waals surface area contributed by atoms with Crippen LogP contribution in [0.25, 0.3) is 0 Å². The molecular formula is C11H10O2S. The molecule has 1 unspecified atom stereocenters. The van der Waals surface area contributed by atoms with E-state index in [1.54, 1.807) is 31.2 Å². The third kappa shape index (κ3) is 1.28. The number of carbonyl (C=O) groups is 2. The van der Waals surface area contributed by atoms with Gasteiger partial charge < -0.3 is 0 Å². The number of hydrogen-bond donors (Lipinski definition) is 1. The lowest BCUT2D eigenvalue weighted by Gasteiger charge is -2.27. The number of Topliss-reactive ketones (excluding diaryl/α,β-unsaturated/α-hetero) is 2. The monoisotopic (exact) mass is 206 g/mol. The predicted octanol–water partition coefficient (Wildman–Crippen LogP) is 2.14. The van der Waals surface area contributed by atoms with Crippen LogP contribution in [0.2, 0.25) is 0 Å². The number of thiol groups is 1. The molecule has 0 radical (unpaired) electrons. The number of rotatable bonds is 0. The maximum Gasteiger partial charge on any atom is 0.179 e. The second-order valence-corrected chi connectivity index (χ2v) is 4.74. The Balaban J connectivity index is 2.63. The second-order valence-electron chi connectivity index (χ2n) is 3.75. The van der Waals surface area contributed by atoms with Crippen LogP contribution in [0, 0.1) is 0 Å². The molecule has 0 saturated carbocycles. The van der Waals surface area contributed by atoms with E-state index >= 15 is 0 Å². The Morgan fingerprint density at radius 2 is 1.79 bits per heavy atom. The minimum absolute atomic E-state index is 0.00213. The molecule has 0 bridgehead atoms. The minimum atomic E-state index is -0.842. The normalized spacial score (nSPS) is 26.1. The van der Waals surface area contributed by atoms with Crippen molar-refractivity contribution >= 4 is 24.2 Å². The third-order valence-electron chi connectivity index (χ3n) is 2.47. The summed E-state index contributed by atoms with van der Waals surface area (Å²) in [4.78, 5) is 23.5. The fourth-order valence-corrected chi connectivity index (χ4v) is 1.97. The standard InChI is InChI=1S/C11H10O2S/c1-11(14)6-9(12)7-4-2-3-5-8(7)10(11)13/h2-5,14H,6H2,1H3. The number of hydrogen-bond acceptors (Lipinski definition) is 3. The summed E-state index contributed by atoms with van der Waals surface area (Å²) in [5.74, 6) is -0.0614. The second kappa shape index (κ2) is 2.95. The molecule has 14 heavy (non-hydrogen) atoms. The van der Waals surface area contributed by atoms with Crippen LogP contribution < -0.4 is 0 Å². The summed E-state index contributed by atoms with van der Waals surface area (Å²) in [7, 11) is 0. The molecule has 0 amide bonds. The maximum atomic E-state index is 11.9. The Kier molecular flexibility index (Phi) is 2.00. The highest BCUT2D eigenvalue weighted by Crippen LogP contribution is 2.32. The van der Waals surface area contributed by atoms with Gasteiger partial charge in [0.15, 0.2) is 11.6 Å². The average molecular weight is 206 g/mol. The summed E-state index contributed by atoms with van der Waals surface area (Å²) in [5.41, 5.74) is 1.03. The summed E-state index contributed by atoms with van der Waals surface area (Å²) in [5, 5.41) is 0. The van der Waals surface area contributed by atoms with Crippen molar-refractivity contribution in [3.63, 3.8) is 0 Å². The van der Waals surface area contributed by atoms with Gasteiger partial charge >= 0.3 is 0 Å². The lowest BCUT2D eigenvalue weighted by atomic mass is 9.82. The molecule has 1 aliphatic carbocycles. The molecule has 0 N–H and O–H groups in total. The lowest BCUT2D eigenvalue weighted by molar-refractivity contribution is 0.0858. The van der Waals surface area contributed by atoms with Crippen LogP contribution in [0.15, 0.2) is 24.3 Å². The first-order valence-corrected chi connectivity index (χ1v) is 4.86. The van der Waals surface area contributed by atoms with Crippen molar-refractivity contribution in [2.45, 2.75) is 18.1 Å². The van der Waals surface area contributed by atoms with Crippen molar-refractivity contribution in [2.75, 3.05) is 0 Å². The predicted molar refractivity (Wildman–Crippen MR) is 57.1 cm³/mol. The highest BCUT2D eigenvalue weighted by molar-refractivity contribution is 7.82. The number of carbonyl (C=O) groups excluding carboxylic acids is 2. The molecule has 0 fully saturated rings. The summed E-state index contributed by atoms with van der Waals surface area (Å²) in [6, 6.07) is 6.91. The van der Waals surface area contributed by atoms with E-state index in [1.165, 1.54) is 0 Å². The van der Waals surface area contributed by atoms with Gasteiger partial charge in [-0.1, -0.05) is 24.3 Å². The van der Waals surface area contributed by atoms with Gasteiger partial charge in [0.2, 0.25) is 0 Å². The molecule has 72 valence electrons. The van der Waals surface area contributed by atoms with Gasteiger partial charge in [-0.2, -0.15) is 12.6 Å². The van der Waals surface area contributed by atoms with E-state index in [1.807, 2.05) is 0 Å². The van der Waals surface area contributed by atoms with Crippen LogP contribution in [0.5, 0.6) is 0 Å². The molecule has 3 heteroatoms. The van der Waals surface area contributed by atoms with E-state index in [0.717, 1.165) is 0 Å². The van der Waals surface area contributed by atoms with Gasteiger partial charge in [0, 0.05) is 17.5 Å². The Hall–Kier alpha value is -1.09. The van der Waals surface area contributed by atoms with E-state index in [2.05, 4.69) is 12.6 Å². The van der Waals surface area contributed by atoms with Gasteiger partial charge in [-0.15, -0.1) is 0 Å². The zero-order chi connectivity index (χ0) is 10.3. The van der Waals surface area contributed by atoms with Gasteiger partial charge in [-0.05, 0) is 6.92 Å². The molecular weight excluding hydrogens is 196 g/mol. The fraction of sp³-hybridized carbons (Fsp3) is 0.273. The average Bonchev–Trinajstić information content (AvgIpc) is 2.14. The smallest absolute Gasteiger partial charge is 0.179 e. The molecule has 2 rings (SSSR count). The van der Waals surface area contributed by atoms with E-state index in [-0.39, 0.29) is 18.0 Å². The molecule has 1 aromatic carbocycles. The third-order valence-corrected chi connectivity index (χ3v) is 2.83. The minimum Gasteiger partial charge on any atom is -0.294 e.